The van der Waals surface area contributed by atoms with Gasteiger partial charge in [0.05, 0.1) is 5.60 Å². The molecular formula is C10H17N3O2S. The molecule has 1 unspecified atom stereocenters. The Kier molecular flexibility index (Phi) is 3.98. The van der Waals surface area contributed by atoms with Gasteiger partial charge < -0.3 is 15.8 Å². The SMILES string of the molecule is CC(C)C(C)(O)CSc1nc(N)cc(=O)[nH]1. The third kappa shape index (κ3) is 3.53. The van der Waals surface area contributed by atoms with Gasteiger partial charge in [-0.05, 0) is 12.8 Å². The molecule has 1 heterocycles. The molecule has 0 fully saturated rings. The first-order valence-electron chi connectivity index (χ1n) is 5.03. The molecule has 16 heavy (non-hydrogen) atoms. The van der Waals surface area contributed by atoms with Gasteiger partial charge in [0.25, 0.3) is 5.56 Å². The number of aromatic amines is 1. The summed E-state index contributed by atoms with van der Waals surface area (Å²) in [7, 11) is 0. The fraction of sp³-hybridized carbons (Fsp3) is 0.600. The van der Waals surface area contributed by atoms with Crippen LogP contribution in [0.1, 0.15) is 20.8 Å². The number of nitrogen functional groups attached to an aromatic ring is 1. The predicted molar refractivity (Wildman–Crippen MR) is 65.5 cm³/mol. The Bertz CT molecular complexity index is 415. The summed E-state index contributed by atoms with van der Waals surface area (Å²) < 4.78 is 0. The van der Waals surface area contributed by atoms with Crippen LogP contribution in [0.25, 0.3) is 0 Å². The Balaban J connectivity index is 2.72. The van der Waals surface area contributed by atoms with Gasteiger partial charge in [-0.1, -0.05) is 25.6 Å². The summed E-state index contributed by atoms with van der Waals surface area (Å²) in [5.41, 5.74) is 4.38. The van der Waals surface area contributed by atoms with Gasteiger partial charge in [-0.25, -0.2) is 4.98 Å². The number of nitrogens with one attached hydrogen (secondary N) is 1. The maximum atomic E-state index is 11.1. The molecule has 0 aromatic carbocycles. The summed E-state index contributed by atoms with van der Waals surface area (Å²) in [5, 5.41) is 10.5. The van der Waals surface area contributed by atoms with Gasteiger partial charge in [0.15, 0.2) is 5.16 Å². The summed E-state index contributed by atoms with van der Waals surface area (Å²) in [4.78, 5) is 17.7. The largest absolute Gasteiger partial charge is 0.389 e. The first kappa shape index (κ1) is 13.1. The quantitative estimate of drug-likeness (QED) is 0.538. The van der Waals surface area contributed by atoms with Crippen molar-refractivity contribution in [3.8, 4) is 0 Å². The summed E-state index contributed by atoms with van der Waals surface area (Å²) in [6, 6.07) is 1.23. The Morgan fingerprint density at radius 2 is 2.31 bits per heavy atom. The molecule has 0 aliphatic heterocycles. The molecule has 0 bridgehead atoms. The fourth-order valence-electron chi connectivity index (χ4n) is 0.903. The van der Waals surface area contributed by atoms with Crippen LogP contribution in [-0.4, -0.2) is 26.4 Å². The van der Waals surface area contributed by atoms with Crippen LogP contribution in [0.4, 0.5) is 5.82 Å². The van der Waals surface area contributed by atoms with Crippen molar-refractivity contribution in [2.75, 3.05) is 11.5 Å². The molecule has 0 spiro atoms. The third-order valence-corrected chi connectivity index (χ3v) is 3.68. The number of aliphatic hydroxyl groups is 1. The fourth-order valence-corrected chi connectivity index (χ4v) is 2.01. The van der Waals surface area contributed by atoms with Gasteiger partial charge in [0, 0.05) is 11.8 Å². The van der Waals surface area contributed by atoms with E-state index in [9.17, 15) is 9.90 Å². The molecule has 1 aromatic rings. The van der Waals surface area contributed by atoms with Crippen LogP contribution in [0, 0.1) is 5.92 Å². The average Bonchev–Trinajstić information content (AvgIpc) is 2.13. The van der Waals surface area contributed by atoms with Crippen molar-refractivity contribution in [1.29, 1.82) is 0 Å². The number of aromatic nitrogens is 2. The smallest absolute Gasteiger partial charge is 0.253 e. The van der Waals surface area contributed by atoms with Gasteiger partial charge >= 0.3 is 0 Å². The van der Waals surface area contributed by atoms with Crippen LogP contribution in [0.5, 0.6) is 0 Å². The molecule has 0 amide bonds. The van der Waals surface area contributed by atoms with E-state index in [4.69, 9.17) is 5.73 Å². The molecule has 5 nitrogen and oxygen atoms in total. The Labute approximate surface area is 98.5 Å². The van der Waals surface area contributed by atoms with Crippen molar-refractivity contribution >= 4 is 17.6 Å². The second kappa shape index (κ2) is 4.88. The number of thioether (sulfide) groups is 1. The summed E-state index contributed by atoms with van der Waals surface area (Å²) in [6.45, 7) is 5.64. The number of hydrogen-bond donors (Lipinski definition) is 3. The van der Waals surface area contributed by atoms with Crippen molar-refractivity contribution in [3.63, 3.8) is 0 Å². The van der Waals surface area contributed by atoms with Crippen molar-refractivity contribution < 1.29 is 5.11 Å². The molecule has 1 aromatic heterocycles. The highest BCUT2D eigenvalue weighted by Crippen LogP contribution is 2.24. The molecule has 6 heteroatoms. The van der Waals surface area contributed by atoms with E-state index in [1.807, 2.05) is 13.8 Å². The molecule has 0 aliphatic carbocycles. The zero-order chi connectivity index (χ0) is 12.3. The molecule has 1 atom stereocenters. The molecular weight excluding hydrogens is 226 g/mol. The third-order valence-electron chi connectivity index (χ3n) is 2.48. The van der Waals surface area contributed by atoms with E-state index in [0.717, 1.165) is 0 Å². The molecule has 4 N–H and O–H groups in total. The lowest BCUT2D eigenvalue weighted by molar-refractivity contribution is 0.0376. The second-order valence-corrected chi connectivity index (χ2v) is 5.24. The van der Waals surface area contributed by atoms with E-state index >= 15 is 0 Å². The van der Waals surface area contributed by atoms with Crippen LogP contribution < -0.4 is 11.3 Å². The van der Waals surface area contributed by atoms with Crippen LogP contribution in [-0.2, 0) is 0 Å². The van der Waals surface area contributed by atoms with Crippen LogP contribution >= 0.6 is 11.8 Å². The standard InChI is InChI=1S/C10H17N3O2S/c1-6(2)10(3,15)5-16-9-12-7(11)4-8(14)13-9/h4,6,15H,5H2,1-3H3,(H3,11,12,13,14). The van der Waals surface area contributed by atoms with Crippen molar-refractivity contribution in [2.45, 2.75) is 31.5 Å². The number of anilines is 1. The highest BCUT2D eigenvalue weighted by Gasteiger charge is 2.25. The highest BCUT2D eigenvalue weighted by molar-refractivity contribution is 7.99. The van der Waals surface area contributed by atoms with Crippen molar-refractivity contribution in [2.24, 2.45) is 5.92 Å². The average molecular weight is 243 g/mol. The van der Waals surface area contributed by atoms with E-state index in [-0.39, 0.29) is 17.3 Å². The first-order chi connectivity index (χ1) is 7.31. The molecule has 90 valence electrons. The molecule has 0 aliphatic rings. The van der Waals surface area contributed by atoms with Gasteiger partial charge in [-0.2, -0.15) is 0 Å². The lowest BCUT2D eigenvalue weighted by Gasteiger charge is -2.26. The van der Waals surface area contributed by atoms with Gasteiger partial charge in [-0.15, -0.1) is 0 Å². The predicted octanol–water partition coefficient (Wildman–Crippen LogP) is 0.851. The van der Waals surface area contributed by atoms with E-state index in [2.05, 4.69) is 9.97 Å². The monoisotopic (exact) mass is 243 g/mol. The second-order valence-electron chi connectivity index (χ2n) is 4.28. The number of nitrogens with two attached hydrogens (primary N) is 1. The molecule has 1 rings (SSSR count). The number of nitrogens with zero attached hydrogens (tertiary/aromatic N) is 1. The maximum absolute atomic E-state index is 11.1. The van der Waals surface area contributed by atoms with Crippen molar-refractivity contribution in [1.82, 2.24) is 9.97 Å². The Morgan fingerprint density at radius 1 is 1.69 bits per heavy atom. The topological polar surface area (TPSA) is 92.0 Å². The number of hydrogen-bond acceptors (Lipinski definition) is 5. The highest BCUT2D eigenvalue weighted by atomic mass is 32.2. The Morgan fingerprint density at radius 3 is 2.81 bits per heavy atom. The lowest BCUT2D eigenvalue weighted by Crippen LogP contribution is -2.34. The lowest BCUT2D eigenvalue weighted by atomic mass is 9.95. The van der Waals surface area contributed by atoms with Crippen LogP contribution in [0.15, 0.2) is 16.0 Å². The number of rotatable bonds is 4. The van der Waals surface area contributed by atoms with E-state index in [0.29, 0.717) is 10.9 Å². The summed E-state index contributed by atoms with van der Waals surface area (Å²) in [5.74, 6) is 0.778. The van der Waals surface area contributed by atoms with E-state index in [1.54, 1.807) is 6.92 Å². The Hall–Kier alpha value is -1.01. The van der Waals surface area contributed by atoms with E-state index in [1.165, 1.54) is 17.8 Å². The van der Waals surface area contributed by atoms with Crippen LogP contribution in [0.3, 0.4) is 0 Å². The minimum Gasteiger partial charge on any atom is -0.389 e. The molecule has 0 saturated heterocycles. The van der Waals surface area contributed by atoms with Gasteiger partial charge in [-0.3, -0.25) is 4.79 Å². The van der Waals surface area contributed by atoms with Crippen LogP contribution in [0.2, 0.25) is 0 Å². The van der Waals surface area contributed by atoms with Crippen molar-refractivity contribution in [3.05, 3.63) is 16.4 Å². The summed E-state index contributed by atoms with van der Waals surface area (Å²) >= 11 is 1.29. The molecule has 0 radical (unpaired) electrons. The minimum absolute atomic E-state index is 0.132. The summed E-state index contributed by atoms with van der Waals surface area (Å²) in [6.07, 6.45) is 0. The van der Waals surface area contributed by atoms with Gasteiger partial charge in [0.2, 0.25) is 0 Å². The normalized spacial score (nSPS) is 15.1. The molecule has 0 saturated carbocycles. The zero-order valence-electron chi connectivity index (χ0n) is 9.65. The number of H-pyrrole nitrogens is 1. The maximum Gasteiger partial charge on any atom is 0.253 e. The first-order valence-corrected chi connectivity index (χ1v) is 6.02. The minimum atomic E-state index is -0.798. The van der Waals surface area contributed by atoms with E-state index < -0.39 is 5.60 Å². The van der Waals surface area contributed by atoms with Gasteiger partial charge in [0.1, 0.15) is 5.82 Å². The zero-order valence-corrected chi connectivity index (χ0v) is 10.5.